The maximum Gasteiger partial charge on any atom is 0.275 e. The number of pyridine rings is 1. The normalized spacial score (nSPS) is 14.1. The average Bonchev–Trinajstić information content (AvgIpc) is 3.22. The van der Waals surface area contributed by atoms with Gasteiger partial charge in [-0.2, -0.15) is 0 Å². The van der Waals surface area contributed by atoms with Crippen molar-refractivity contribution in [3.05, 3.63) is 58.2 Å². The van der Waals surface area contributed by atoms with Crippen LogP contribution in [0.1, 0.15) is 16.1 Å². The van der Waals surface area contributed by atoms with E-state index in [2.05, 4.69) is 20.2 Å². The maximum atomic E-state index is 12.6. The number of carbonyl (C=O) groups is 1. The molecule has 4 rings (SSSR count). The van der Waals surface area contributed by atoms with Crippen molar-refractivity contribution in [3.63, 3.8) is 0 Å². The average molecular weight is 415 g/mol. The zero-order valence-corrected chi connectivity index (χ0v) is 16.9. The monoisotopic (exact) mass is 414 g/mol. The molecule has 1 N–H and O–H groups in total. The highest BCUT2D eigenvalue weighted by molar-refractivity contribution is 7.13. The van der Waals surface area contributed by atoms with E-state index in [0.29, 0.717) is 29.6 Å². The molecule has 0 radical (unpaired) electrons. The Balaban J connectivity index is 1.52. The Morgan fingerprint density at radius 1 is 1.25 bits per heavy atom. The van der Waals surface area contributed by atoms with Crippen molar-refractivity contribution in [1.82, 2.24) is 9.97 Å². The van der Waals surface area contributed by atoms with Crippen molar-refractivity contribution in [1.29, 1.82) is 0 Å². The van der Waals surface area contributed by atoms with Gasteiger partial charge in [0.15, 0.2) is 0 Å². The third-order valence-corrected chi connectivity index (χ3v) is 5.64. The molecule has 3 aromatic rings. The number of nitrogens with zero attached hydrogens (tertiary/aromatic N) is 3. The quantitative estimate of drug-likeness (QED) is 0.691. The molecule has 1 aliphatic heterocycles. The van der Waals surface area contributed by atoms with Crippen LogP contribution in [-0.4, -0.2) is 42.2 Å². The molecular weight excluding hydrogens is 396 g/mol. The molecule has 3 heterocycles. The van der Waals surface area contributed by atoms with Crippen LogP contribution >= 0.6 is 22.9 Å². The highest BCUT2D eigenvalue weighted by Gasteiger charge is 2.16. The van der Waals surface area contributed by atoms with Crippen molar-refractivity contribution in [2.75, 3.05) is 36.5 Å². The number of anilines is 2. The number of aromatic nitrogens is 2. The molecule has 0 spiro atoms. The highest BCUT2D eigenvalue weighted by Crippen LogP contribution is 2.27. The summed E-state index contributed by atoms with van der Waals surface area (Å²) in [6, 6.07) is 9.32. The number of thiazole rings is 1. The zero-order chi connectivity index (χ0) is 19.5. The van der Waals surface area contributed by atoms with Gasteiger partial charge in [-0.05, 0) is 36.8 Å². The second-order valence-electron chi connectivity index (χ2n) is 6.45. The van der Waals surface area contributed by atoms with Crippen LogP contribution in [0.2, 0.25) is 5.02 Å². The minimum Gasteiger partial charge on any atom is -0.378 e. The van der Waals surface area contributed by atoms with Crippen LogP contribution in [0.3, 0.4) is 0 Å². The number of morpholine rings is 1. The summed E-state index contributed by atoms with van der Waals surface area (Å²) in [6.45, 7) is 4.97. The van der Waals surface area contributed by atoms with Gasteiger partial charge in [-0.1, -0.05) is 17.7 Å². The van der Waals surface area contributed by atoms with Crippen molar-refractivity contribution < 1.29 is 9.53 Å². The Bertz CT molecular complexity index is 1000. The summed E-state index contributed by atoms with van der Waals surface area (Å²) in [4.78, 5) is 23.8. The van der Waals surface area contributed by atoms with Crippen LogP contribution in [-0.2, 0) is 4.74 Å². The minimum atomic E-state index is -0.254. The standard InChI is InChI=1S/C20H19ClN4O2S/c1-13-2-3-15(21)11-16(13)23-19(26)17-12-28-20(24-17)14-4-5-22-18(10-14)25-6-8-27-9-7-25/h2-5,10-12H,6-9H2,1H3,(H,23,26). The number of rotatable bonds is 4. The van der Waals surface area contributed by atoms with Gasteiger partial charge in [-0.25, -0.2) is 9.97 Å². The molecule has 1 aliphatic rings. The van der Waals surface area contributed by atoms with Gasteiger partial charge in [0.1, 0.15) is 16.5 Å². The Morgan fingerprint density at radius 2 is 2.07 bits per heavy atom. The van der Waals surface area contributed by atoms with E-state index in [1.54, 1.807) is 23.7 Å². The van der Waals surface area contributed by atoms with Gasteiger partial charge in [-0.15, -0.1) is 11.3 Å². The Morgan fingerprint density at radius 3 is 2.89 bits per heavy atom. The van der Waals surface area contributed by atoms with Crippen molar-refractivity contribution in [2.24, 2.45) is 0 Å². The van der Waals surface area contributed by atoms with E-state index >= 15 is 0 Å². The van der Waals surface area contributed by atoms with E-state index in [9.17, 15) is 4.79 Å². The van der Waals surface area contributed by atoms with Gasteiger partial charge in [0.25, 0.3) is 5.91 Å². The van der Waals surface area contributed by atoms with E-state index < -0.39 is 0 Å². The largest absolute Gasteiger partial charge is 0.378 e. The van der Waals surface area contributed by atoms with Crippen LogP contribution in [0.25, 0.3) is 10.6 Å². The van der Waals surface area contributed by atoms with Crippen LogP contribution in [0.5, 0.6) is 0 Å². The minimum absolute atomic E-state index is 0.254. The zero-order valence-electron chi connectivity index (χ0n) is 15.3. The summed E-state index contributed by atoms with van der Waals surface area (Å²) < 4.78 is 5.40. The summed E-state index contributed by atoms with van der Waals surface area (Å²) in [5.74, 6) is 0.645. The SMILES string of the molecule is Cc1ccc(Cl)cc1NC(=O)c1csc(-c2ccnc(N3CCOCC3)c2)n1. The van der Waals surface area contributed by atoms with Crippen LogP contribution in [0.4, 0.5) is 11.5 Å². The summed E-state index contributed by atoms with van der Waals surface area (Å²) in [6.07, 6.45) is 1.77. The number of amides is 1. The third-order valence-electron chi connectivity index (χ3n) is 4.51. The lowest BCUT2D eigenvalue weighted by Gasteiger charge is -2.27. The number of halogens is 1. The number of benzene rings is 1. The summed E-state index contributed by atoms with van der Waals surface area (Å²) in [5, 5.41) is 6.00. The predicted octanol–water partition coefficient (Wildman–Crippen LogP) is 4.26. The van der Waals surface area contributed by atoms with E-state index in [1.165, 1.54) is 11.3 Å². The van der Waals surface area contributed by atoms with E-state index in [4.69, 9.17) is 16.3 Å². The molecule has 6 nitrogen and oxygen atoms in total. The molecule has 0 bridgehead atoms. The van der Waals surface area contributed by atoms with Gasteiger partial charge >= 0.3 is 0 Å². The summed E-state index contributed by atoms with van der Waals surface area (Å²) >= 11 is 7.46. The first kappa shape index (κ1) is 18.9. The lowest BCUT2D eigenvalue weighted by Crippen LogP contribution is -2.36. The number of nitrogens with one attached hydrogen (secondary N) is 1. The van der Waals surface area contributed by atoms with Crippen LogP contribution in [0.15, 0.2) is 41.9 Å². The molecule has 2 aromatic heterocycles. The maximum absolute atomic E-state index is 12.6. The van der Waals surface area contributed by atoms with E-state index in [1.807, 2.05) is 25.1 Å². The molecule has 8 heteroatoms. The molecule has 0 aliphatic carbocycles. The fraction of sp³-hybridized carbons (Fsp3) is 0.250. The van der Waals surface area contributed by atoms with Gasteiger partial charge in [0.2, 0.25) is 0 Å². The van der Waals surface area contributed by atoms with Gasteiger partial charge in [-0.3, -0.25) is 4.79 Å². The topological polar surface area (TPSA) is 67.4 Å². The Hall–Kier alpha value is -2.48. The van der Waals surface area contributed by atoms with Crippen LogP contribution < -0.4 is 10.2 Å². The first-order chi connectivity index (χ1) is 13.6. The number of aryl methyl sites for hydroxylation is 1. The van der Waals surface area contributed by atoms with Crippen molar-refractivity contribution in [2.45, 2.75) is 6.92 Å². The molecule has 28 heavy (non-hydrogen) atoms. The van der Waals surface area contributed by atoms with Crippen molar-refractivity contribution >= 4 is 40.4 Å². The number of ether oxygens (including phenoxy) is 1. The summed E-state index contributed by atoms with van der Waals surface area (Å²) in [7, 11) is 0. The lowest BCUT2D eigenvalue weighted by molar-refractivity contribution is 0.102. The van der Waals surface area contributed by atoms with Gasteiger partial charge in [0, 0.05) is 40.9 Å². The molecule has 0 unspecified atom stereocenters. The van der Waals surface area contributed by atoms with Crippen molar-refractivity contribution in [3.8, 4) is 10.6 Å². The lowest BCUT2D eigenvalue weighted by atomic mass is 10.2. The Kier molecular flexibility index (Phi) is 5.57. The highest BCUT2D eigenvalue weighted by atomic mass is 35.5. The van der Waals surface area contributed by atoms with Gasteiger partial charge < -0.3 is 15.0 Å². The van der Waals surface area contributed by atoms with Gasteiger partial charge in [0.05, 0.1) is 13.2 Å². The Labute approximate surface area is 172 Å². The number of carbonyl (C=O) groups excluding carboxylic acids is 1. The molecular formula is C20H19ClN4O2S. The molecule has 144 valence electrons. The van der Waals surface area contributed by atoms with E-state index in [0.717, 1.165) is 35.0 Å². The first-order valence-corrected chi connectivity index (χ1v) is 10.2. The summed E-state index contributed by atoms with van der Waals surface area (Å²) in [5.41, 5.74) is 2.95. The third kappa shape index (κ3) is 4.16. The molecule has 0 atom stereocenters. The molecule has 1 aromatic carbocycles. The molecule has 1 fully saturated rings. The smallest absolute Gasteiger partial charge is 0.275 e. The molecule has 1 amide bonds. The second kappa shape index (κ2) is 8.26. The fourth-order valence-electron chi connectivity index (χ4n) is 2.94. The number of hydrogen-bond acceptors (Lipinski definition) is 6. The first-order valence-electron chi connectivity index (χ1n) is 8.92. The second-order valence-corrected chi connectivity index (χ2v) is 7.75. The number of hydrogen-bond donors (Lipinski definition) is 1. The predicted molar refractivity (Wildman–Crippen MR) is 113 cm³/mol. The van der Waals surface area contributed by atoms with Crippen LogP contribution in [0, 0.1) is 6.92 Å². The fourth-order valence-corrected chi connectivity index (χ4v) is 3.91. The molecule has 0 saturated carbocycles. The van der Waals surface area contributed by atoms with E-state index in [-0.39, 0.29) is 5.91 Å². The molecule has 1 saturated heterocycles.